The summed E-state index contributed by atoms with van der Waals surface area (Å²) in [7, 11) is 3.28. The van der Waals surface area contributed by atoms with Crippen molar-refractivity contribution in [3.63, 3.8) is 0 Å². The third-order valence-electron chi connectivity index (χ3n) is 5.29. The summed E-state index contributed by atoms with van der Waals surface area (Å²) in [6.45, 7) is 5.22. The average Bonchev–Trinajstić information content (AvgIpc) is 2.89. The molecule has 5 heteroatoms. The molecule has 0 aliphatic rings. The van der Waals surface area contributed by atoms with Crippen molar-refractivity contribution in [3.8, 4) is 51.0 Å². The maximum atomic E-state index is 11.8. The van der Waals surface area contributed by atoms with E-state index in [2.05, 4.69) is 6.58 Å². The van der Waals surface area contributed by atoms with Crippen LogP contribution in [-0.2, 0) is 4.79 Å². The summed E-state index contributed by atoms with van der Waals surface area (Å²) in [6, 6.07) is 26.8. The SMILES string of the molecule is C=C(C)C(=O)Oc1ccc(-c2cc(-c3ccc(OC)cc3)cc(-c3ccc(OC)cc3)[o+]2)cc1. The molecule has 34 heavy (non-hydrogen) atoms. The number of benzene rings is 3. The standard InChI is InChI=1S/C29H25O5/c1-19(2)29(30)33-26-15-9-22(10-16-26)28-18-23(20-5-11-24(31-3)12-6-20)17-27(34-28)21-7-13-25(32-4)14-8-21/h5-18H,1H2,2-4H3/q+1. The van der Waals surface area contributed by atoms with Crippen molar-refractivity contribution in [2.24, 2.45) is 0 Å². The van der Waals surface area contributed by atoms with Gasteiger partial charge in [-0.3, -0.25) is 0 Å². The van der Waals surface area contributed by atoms with Crippen LogP contribution in [0.5, 0.6) is 17.2 Å². The van der Waals surface area contributed by atoms with Gasteiger partial charge in [-0.15, -0.1) is 0 Å². The molecule has 4 aromatic rings. The Morgan fingerprint density at radius 3 is 1.47 bits per heavy atom. The zero-order chi connectivity index (χ0) is 24.1. The van der Waals surface area contributed by atoms with Crippen LogP contribution in [0.1, 0.15) is 6.92 Å². The molecular formula is C29H25O5+. The summed E-state index contributed by atoms with van der Waals surface area (Å²) in [5.41, 5.74) is 4.13. The Labute approximate surface area is 198 Å². The predicted octanol–water partition coefficient (Wildman–Crippen LogP) is 7.06. The van der Waals surface area contributed by atoms with Gasteiger partial charge in [-0.1, -0.05) is 18.7 Å². The van der Waals surface area contributed by atoms with Gasteiger partial charge in [-0.25, -0.2) is 9.21 Å². The molecular weight excluding hydrogens is 428 g/mol. The van der Waals surface area contributed by atoms with Crippen molar-refractivity contribution < 1.29 is 23.4 Å². The number of ether oxygens (including phenoxy) is 3. The van der Waals surface area contributed by atoms with Crippen LogP contribution < -0.4 is 14.2 Å². The lowest BCUT2D eigenvalue weighted by atomic mass is 10.0. The second-order valence-electron chi connectivity index (χ2n) is 7.73. The van der Waals surface area contributed by atoms with Gasteiger partial charge in [0.15, 0.2) is 0 Å². The minimum atomic E-state index is -0.458. The van der Waals surface area contributed by atoms with E-state index in [0.29, 0.717) is 22.8 Å². The first-order valence-electron chi connectivity index (χ1n) is 10.7. The van der Waals surface area contributed by atoms with Crippen LogP contribution in [0.4, 0.5) is 0 Å². The third kappa shape index (κ3) is 5.15. The number of esters is 1. The van der Waals surface area contributed by atoms with Crippen LogP contribution in [0, 0.1) is 0 Å². The predicted molar refractivity (Wildman–Crippen MR) is 133 cm³/mol. The first kappa shape index (κ1) is 22.8. The van der Waals surface area contributed by atoms with Gasteiger partial charge in [0.05, 0.1) is 37.5 Å². The average molecular weight is 454 g/mol. The highest BCUT2D eigenvalue weighted by atomic mass is 16.5. The third-order valence-corrected chi connectivity index (χ3v) is 5.29. The molecule has 3 aromatic carbocycles. The topological polar surface area (TPSA) is 56.1 Å². The molecule has 4 rings (SSSR count). The lowest BCUT2D eigenvalue weighted by molar-refractivity contribution is -0.130. The van der Waals surface area contributed by atoms with Crippen molar-refractivity contribution in [2.45, 2.75) is 6.92 Å². The summed E-state index contributed by atoms with van der Waals surface area (Å²) >= 11 is 0. The van der Waals surface area contributed by atoms with Crippen LogP contribution in [0.15, 0.2) is 101 Å². The number of carbonyl (C=O) groups is 1. The Balaban J connectivity index is 1.76. The van der Waals surface area contributed by atoms with Gasteiger partial charge in [0.1, 0.15) is 17.2 Å². The van der Waals surface area contributed by atoms with Crippen LogP contribution in [0.3, 0.4) is 0 Å². The van der Waals surface area contributed by atoms with Crippen molar-refractivity contribution in [3.05, 3.63) is 97.1 Å². The first-order valence-corrected chi connectivity index (χ1v) is 10.7. The van der Waals surface area contributed by atoms with E-state index in [1.54, 1.807) is 33.3 Å². The molecule has 170 valence electrons. The minimum absolute atomic E-state index is 0.343. The molecule has 1 aromatic heterocycles. The van der Waals surface area contributed by atoms with Crippen molar-refractivity contribution in [1.29, 1.82) is 0 Å². The van der Waals surface area contributed by atoms with Crippen LogP contribution in [0.2, 0.25) is 0 Å². The van der Waals surface area contributed by atoms with E-state index in [4.69, 9.17) is 18.6 Å². The van der Waals surface area contributed by atoms with Gasteiger partial charge >= 0.3 is 17.5 Å². The van der Waals surface area contributed by atoms with E-state index in [1.807, 2.05) is 72.8 Å². The number of hydrogen-bond acceptors (Lipinski definition) is 4. The molecule has 0 atom stereocenters. The van der Waals surface area contributed by atoms with Gasteiger partial charge in [-0.2, -0.15) is 0 Å². The fourth-order valence-corrected chi connectivity index (χ4v) is 3.37. The monoisotopic (exact) mass is 453 g/mol. The molecule has 0 radical (unpaired) electrons. The fraction of sp³-hybridized carbons (Fsp3) is 0.103. The molecule has 0 saturated carbocycles. The van der Waals surface area contributed by atoms with Crippen molar-refractivity contribution >= 4 is 5.97 Å². The van der Waals surface area contributed by atoms with Crippen LogP contribution in [-0.4, -0.2) is 20.2 Å². The van der Waals surface area contributed by atoms with E-state index in [9.17, 15) is 4.79 Å². The Hall–Kier alpha value is -4.38. The van der Waals surface area contributed by atoms with Gasteiger partial charge in [-0.05, 0) is 73.2 Å². The molecule has 1 heterocycles. The maximum absolute atomic E-state index is 11.8. The molecule has 0 spiro atoms. The molecule has 0 N–H and O–H groups in total. The smallest absolute Gasteiger partial charge is 0.361 e. The summed E-state index contributed by atoms with van der Waals surface area (Å²) in [5.74, 6) is 2.94. The molecule has 0 aliphatic heterocycles. The first-order chi connectivity index (χ1) is 16.5. The fourth-order valence-electron chi connectivity index (χ4n) is 3.37. The summed E-state index contributed by atoms with van der Waals surface area (Å²) in [6.07, 6.45) is 0. The number of rotatable bonds is 7. The van der Waals surface area contributed by atoms with E-state index in [1.165, 1.54) is 0 Å². The highest BCUT2D eigenvalue weighted by Crippen LogP contribution is 2.34. The summed E-state index contributed by atoms with van der Waals surface area (Å²) < 4.78 is 22.2. The normalized spacial score (nSPS) is 10.4. The molecule has 0 aliphatic carbocycles. The van der Waals surface area contributed by atoms with Crippen LogP contribution >= 0.6 is 0 Å². The molecule has 0 bridgehead atoms. The van der Waals surface area contributed by atoms with E-state index in [0.717, 1.165) is 33.8 Å². The van der Waals surface area contributed by atoms with E-state index in [-0.39, 0.29) is 0 Å². The van der Waals surface area contributed by atoms with Crippen molar-refractivity contribution in [2.75, 3.05) is 14.2 Å². The number of hydrogen-bond donors (Lipinski definition) is 0. The number of methoxy groups -OCH3 is 2. The zero-order valence-corrected chi connectivity index (χ0v) is 19.3. The highest BCUT2D eigenvalue weighted by Gasteiger charge is 2.21. The Morgan fingerprint density at radius 1 is 0.647 bits per heavy atom. The second-order valence-corrected chi connectivity index (χ2v) is 7.73. The van der Waals surface area contributed by atoms with Crippen molar-refractivity contribution in [1.82, 2.24) is 0 Å². The van der Waals surface area contributed by atoms with E-state index >= 15 is 0 Å². The quantitative estimate of drug-likeness (QED) is 0.130. The van der Waals surface area contributed by atoms with Gasteiger partial charge < -0.3 is 14.2 Å². The Morgan fingerprint density at radius 2 is 1.06 bits per heavy atom. The molecule has 0 fully saturated rings. The lowest BCUT2D eigenvalue weighted by Crippen LogP contribution is -2.07. The Kier molecular flexibility index (Phi) is 6.74. The molecule has 0 saturated heterocycles. The highest BCUT2D eigenvalue weighted by molar-refractivity contribution is 5.88. The molecule has 0 amide bonds. The van der Waals surface area contributed by atoms with Crippen LogP contribution in [0.25, 0.3) is 33.8 Å². The lowest BCUT2D eigenvalue weighted by Gasteiger charge is -2.05. The summed E-state index contributed by atoms with van der Waals surface area (Å²) in [5, 5.41) is 0. The van der Waals surface area contributed by atoms with Gasteiger partial charge in [0, 0.05) is 11.1 Å². The maximum Gasteiger partial charge on any atom is 0.361 e. The van der Waals surface area contributed by atoms with Gasteiger partial charge in [0.25, 0.3) is 0 Å². The molecule has 5 nitrogen and oxygen atoms in total. The minimum Gasteiger partial charge on any atom is -0.497 e. The Bertz CT molecular complexity index is 1240. The second kappa shape index (κ2) is 10.0. The zero-order valence-electron chi connectivity index (χ0n) is 19.3. The molecule has 0 unspecified atom stereocenters. The van der Waals surface area contributed by atoms with E-state index < -0.39 is 5.97 Å². The largest absolute Gasteiger partial charge is 0.497 e. The summed E-state index contributed by atoms with van der Waals surface area (Å²) in [4.78, 5) is 11.8. The van der Waals surface area contributed by atoms with Gasteiger partial charge in [0.2, 0.25) is 0 Å². The number of carbonyl (C=O) groups excluding carboxylic acids is 1.